The van der Waals surface area contributed by atoms with E-state index in [0.29, 0.717) is 12.1 Å². The van der Waals surface area contributed by atoms with Gasteiger partial charge in [-0.1, -0.05) is 0 Å². The van der Waals surface area contributed by atoms with Gasteiger partial charge in [0.25, 0.3) is 9.05 Å². The van der Waals surface area contributed by atoms with Crippen molar-refractivity contribution in [3.05, 3.63) is 29.6 Å². The van der Waals surface area contributed by atoms with E-state index < -0.39 is 14.9 Å². The summed E-state index contributed by atoms with van der Waals surface area (Å²) in [5.74, 6) is -0.476. The average molecular weight is 252 g/mol. The molecule has 15 heavy (non-hydrogen) atoms. The Hall–Kier alpha value is -0.650. The zero-order chi connectivity index (χ0) is 11.6. The van der Waals surface area contributed by atoms with Crippen LogP contribution in [0.2, 0.25) is 0 Å². The molecule has 1 aromatic rings. The van der Waals surface area contributed by atoms with Crippen LogP contribution in [0.15, 0.2) is 23.1 Å². The highest BCUT2D eigenvalue weighted by Crippen LogP contribution is 2.21. The molecule has 0 fully saturated rings. The smallest absolute Gasteiger partial charge is 0.261 e. The number of halogens is 2. The molecule has 0 aliphatic heterocycles. The summed E-state index contributed by atoms with van der Waals surface area (Å²) in [6.45, 7) is 0.318. The van der Waals surface area contributed by atoms with E-state index in [1.165, 1.54) is 12.1 Å². The lowest BCUT2D eigenvalue weighted by atomic mass is 10.2. The van der Waals surface area contributed by atoms with Crippen molar-refractivity contribution < 1.29 is 12.8 Å². The zero-order valence-electron chi connectivity index (χ0n) is 8.37. The SMILES string of the molecule is CN(C)Cc1cc(F)ccc1S(=O)(=O)Cl. The lowest BCUT2D eigenvalue weighted by Crippen LogP contribution is -2.13. The molecule has 0 spiro atoms. The van der Waals surface area contributed by atoms with Crippen molar-refractivity contribution >= 4 is 19.7 Å². The van der Waals surface area contributed by atoms with E-state index in [1.807, 2.05) is 0 Å². The van der Waals surface area contributed by atoms with Gasteiger partial charge in [0.2, 0.25) is 0 Å². The van der Waals surface area contributed by atoms with Crippen LogP contribution in [-0.2, 0) is 15.6 Å². The van der Waals surface area contributed by atoms with Crippen molar-refractivity contribution in [1.29, 1.82) is 0 Å². The topological polar surface area (TPSA) is 37.4 Å². The fraction of sp³-hybridized carbons (Fsp3) is 0.333. The van der Waals surface area contributed by atoms with Crippen LogP contribution in [0, 0.1) is 5.82 Å². The Kier molecular flexibility index (Phi) is 3.70. The third-order valence-electron chi connectivity index (χ3n) is 1.77. The Morgan fingerprint density at radius 2 is 2.00 bits per heavy atom. The highest BCUT2D eigenvalue weighted by atomic mass is 35.7. The maximum absolute atomic E-state index is 12.9. The molecule has 0 aliphatic rings. The van der Waals surface area contributed by atoms with Crippen LogP contribution in [0.1, 0.15) is 5.56 Å². The minimum absolute atomic E-state index is 0.0423. The van der Waals surface area contributed by atoms with Gasteiger partial charge >= 0.3 is 0 Å². The lowest BCUT2D eigenvalue weighted by Gasteiger charge is -2.12. The molecule has 0 amide bonds. The Morgan fingerprint density at radius 3 is 2.47 bits per heavy atom. The maximum atomic E-state index is 12.9. The van der Waals surface area contributed by atoms with Gasteiger partial charge in [0.05, 0.1) is 4.90 Å². The molecule has 6 heteroatoms. The third kappa shape index (κ3) is 3.44. The van der Waals surface area contributed by atoms with Crippen LogP contribution in [0.25, 0.3) is 0 Å². The molecule has 0 heterocycles. The molecular formula is C9H11ClFNO2S. The Labute approximate surface area is 92.9 Å². The van der Waals surface area contributed by atoms with Crippen molar-refractivity contribution in [2.45, 2.75) is 11.4 Å². The summed E-state index contributed by atoms with van der Waals surface area (Å²) in [4.78, 5) is 1.69. The van der Waals surface area contributed by atoms with E-state index in [1.54, 1.807) is 19.0 Å². The predicted molar refractivity (Wildman–Crippen MR) is 56.8 cm³/mol. The first kappa shape index (κ1) is 12.4. The van der Waals surface area contributed by atoms with Crippen LogP contribution in [0.3, 0.4) is 0 Å². The second-order valence-electron chi connectivity index (χ2n) is 3.43. The highest BCUT2D eigenvalue weighted by molar-refractivity contribution is 8.13. The van der Waals surface area contributed by atoms with Gasteiger partial charge < -0.3 is 4.90 Å². The summed E-state index contributed by atoms with van der Waals surface area (Å²) in [5, 5.41) is 0. The molecule has 0 saturated carbocycles. The molecular weight excluding hydrogens is 241 g/mol. The van der Waals surface area contributed by atoms with E-state index in [-0.39, 0.29) is 4.90 Å². The van der Waals surface area contributed by atoms with E-state index >= 15 is 0 Å². The van der Waals surface area contributed by atoms with Gasteiger partial charge in [0, 0.05) is 17.2 Å². The number of hydrogen-bond donors (Lipinski definition) is 0. The first-order valence-electron chi connectivity index (χ1n) is 4.18. The maximum Gasteiger partial charge on any atom is 0.261 e. The van der Waals surface area contributed by atoms with Crippen LogP contribution in [-0.4, -0.2) is 27.4 Å². The predicted octanol–water partition coefficient (Wildman–Crippen LogP) is 1.81. The van der Waals surface area contributed by atoms with Gasteiger partial charge in [-0.15, -0.1) is 0 Å². The largest absolute Gasteiger partial charge is 0.305 e. The Balaban J connectivity index is 3.27. The molecule has 84 valence electrons. The molecule has 0 unspecified atom stereocenters. The second kappa shape index (κ2) is 4.47. The van der Waals surface area contributed by atoms with Gasteiger partial charge in [-0.2, -0.15) is 0 Å². The number of benzene rings is 1. The average Bonchev–Trinajstić information content (AvgIpc) is 1.99. The number of rotatable bonds is 3. The molecule has 0 radical (unpaired) electrons. The first-order valence-corrected chi connectivity index (χ1v) is 6.49. The molecule has 0 aromatic heterocycles. The second-order valence-corrected chi connectivity index (χ2v) is 5.96. The van der Waals surface area contributed by atoms with Crippen LogP contribution >= 0.6 is 10.7 Å². The molecule has 0 bridgehead atoms. The van der Waals surface area contributed by atoms with Crippen molar-refractivity contribution in [2.75, 3.05) is 14.1 Å². The summed E-state index contributed by atoms with van der Waals surface area (Å²) in [6.07, 6.45) is 0. The number of hydrogen-bond acceptors (Lipinski definition) is 3. The van der Waals surface area contributed by atoms with Crippen LogP contribution in [0.4, 0.5) is 4.39 Å². The van der Waals surface area contributed by atoms with E-state index in [9.17, 15) is 12.8 Å². The summed E-state index contributed by atoms with van der Waals surface area (Å²) < 4.78 is 35.3. The molecule has 3 nitrogen and oxygen atoms in total. The minimum atomic E-state index is -3.82. The summed E-state index contributed by atoms with van der Waals surface area (Å²) in [6, 6.07) is 3.43. The molecule has 0 aliphatic carbocycles. The van der Waals surface area contributed by atoms with E-state index in [0.717, 1.165) is 6.07 Å². The fourth-order valence-electron chi connectivity index (χ4n) is 1.25. The van der Waals surface area contributed by atoms with E-state index in [4.69, 9.17) is 10.7 Å². The van der Waals surface area contributed by atoms with Crippen molar-refractivity contribution in [2.24, 2.45) is 0 Å². The number of nitrogens with zero attached hydrogens (tertiary/aromatic N) is 1. The van der Waals surface area contributed by atoms with E-state index in [2.05, 4.69) is 0 Å². The van der Waals surface area contributed by atoms with Gasteiger partial charge in [0.15, 0.2) is 0 Å². The molecule has 1 aromatic carbocycles. The van der Waals surface area contributed by atoms with Crippen molar-refractivity contribution in [1.82, 2.24) is 4.90 Å². The third-order valence-corrected chi connectivity index (χ3v) is 3.19. The standard InChI is InChI=1S/C9H11ClFNO2S/c1-12(2)6-7-5-8(11)3-4-9(7)15(10,13)14/h3-5H,6H2,1-2H3. The quantitative estimate of drug-likeness (QED) is 0.769. The van der Waals surface area contributed by atoms with Gasteiger partial charge in [-0.05, 0) is 37.9 Å². The van der Waals surface area contributed by atoms with Gasteiger partial charge in [-0.3, -0.25) is 0 Å². The van der Waals surface area contributed by atoms with Crippen molar-refractivity contribution in [3.8, 4) is 0 Å². The van der Waals surface area contributed by atoms with Crippen LogP contribution < -0.4 is 0 Å². The Morgan fingerprint density at radius 1 is 1.40 bits per heavy atom. The molecule has 0 atom stereocenters. The molecule has 1 rings (SSSR count). The lowest BCUT2D eigenvalue weighted by molar-refractivity contribution is 0.397. The summed E-state index contributed by atoms with van der Waals surface area (Å²) >= 11 is 0. The molecule has 0 N–H and O–H groups in total. The highest BCUT2D eigenvalue weighted by Gasteiger charge is 2.16. The van der Waals surface area contributed by atoms with Gasteiger partial charge in [0.1, 0.15) is 5.82 Å². The molecule has 0 saturated heterocycles. The zero-order valence-corrected chi connectivity index (χ0v) is 9.94. The summed E-state index contributed by atoms with van der Waals surface area (Å²) in [5.41, 5.74) is 0.356. The van der Waals surface area contributed by atoms with Gasteiger partial charge in [-0.25, -0.2) is 12.8 Å². The Bertz CT molecular complexity index is 459. The first-order chi connectivity index (χ1) is 6.80. The van der Waals surface area contributed by atoms with Crippen LogP contribution in [0.5, 0.6) is 0 Å². The van der Waals surface area contributed by atoms with Crippen molar-refractivity contribution in [3.63, 3.8) is 0 Å². The minimum Gasteiger partial charge on any atom is -0.305 e. The monoisotopic (exact) mass is 251 g/mol. The normalized spacial score (nSPS) is 12.1. The summed E-state index contributed by atoms with van der Waals surface area (Å²) in [7, 11) is 4.93. The fourth-order valence-corrected chi connectivity index (χ4v) is 2.37.